The van der Waals surface area contributed by atoms with Crippen LogP contribution in [0.15, 0.2) is 0 Å². The van der Waals surface area contributed by atoms with E-state index < -0.39 is 14.6 Å². The van der Waals surface area contributed by atoms with Crippen LogP contribution in [0.4, 0.5) is 0 Å². The fourth-order valence-corrected chi connectivity index (χ4v) is 1.78. The van der Waals surface area contributed by atoms with Crippen molar-refractivity contribution in [1.29, 1.82) is 0 Å². The average Bonchev–Trinajstić information content (AvgIpc) is 2.29. The molecule has 2 unspecified atom stereocenters. The van der Waals surface area contributed by atoms with E-state index in [-0.39, 0.29) is 12.2 Å². The topological polar surface area (TPSA) is 35.5 Å². The van der Waals surface area contributed by atoms with Gasteiger partial charge in [0.2, 0.25) is 0 Å². The van der Waals surface area contributed by atoms with Crippen LogP contribution in [-0.4, -0.2) is 25.5 Å². The molecule has 1 aliphatic heterocycles. The highest BCUT2D eigenvalue weighted by molar-refractivity contribution is 7.38. The molecule has 3 nitrogen and oxygen atoms in total. The van der Waals surface area contributed by atoms with Gasteiger partial charge < -0.3 is 4.74 Å². The predicted molar refractivity (Wildman–Crippen MR) is 43.1 cm³/mol. The van der Waals surface area contributed by atoms with Gasteiger partial charge in [0, 0.05) is 13.0 Å². The highest BCUT2D eigenvalue weighted by Crippen LogP contribution is 2.28. The third-order valence-corrected chi connectivity index (χ3v) is 2.27. The molecule has 1 rings (SSSR count). The minimum atomic E-state index is -1.58. The molecule has 1 saturated heterocycles. The fourth-order valence-electron chi connectivity index (χ4n) is 1.17. The molecule has 0 N–H and O–H groups in total. The zero-order valence-corrected chi connectivity index (χ0v) is 7.71. The zero-order chi connectivity index (χ0) is 9.14. The fraction of sp³-hybridized carbons (Fsp3) is 1.00. The van der Waals surface area contributed by atoms with E-state index in [9.17, 15) is 4.57 Å². The van der Waals surface area contributed by atoms with Crippen molar-refractivity contribution in [2.75, 3.05) is 13.2 Å². The molecular weight excluding hydrogens is 163 g/mol. The number of rotatable bonds is 3. The van der Waals surface area contributed by atoms with Crippen molar-refractivity contribution < 1.29 is 15.2 Å². The summed E-state index contributed by atoms with van der Waals surface area (Å²) in [6.07, 6.45) is 1.15. The summed E-state index contributed by atoms with van der Waals surface area (Å²) in [5, 5.41) is 0. The predicted octanol–water partition coefficient (Wildman–Crippen LogP) is 1.94. The minimum absolute atomic E-state index is 0.0496. The minimum Gasteiger partial charge on any atom is -0.375 e. The van der Waals surface area contributed by atoms with Crippen molar-refractivity contribution in [3.63, 3.8) is 0 Å². The monoisotopic (exact) mass is 179 g/mol. The van der Waals surface area contributed by atoms with Crippen LogP contribution in [0.5, 0.6) is 0 Å². The first-order chi connectivity index (χ1) is 5.63. The Hall–Kier alpha value is 0.0200. The summed E-state index contributed by atoms with van der Waals surface area (Å²) in [7, 11) is -1.58. The molecule has 0 aromatic heterocycles. The molecule has 0 spiro atoms. The SMILES string of the molecule is [3H][C@@H]1CC(O[P+](C)=O)[C@@H](CC)O1. The molecule has 0 aliphatic carbocycles. The number of hydrogen-bond acceptors (Lipinski definition) is 3. The van der Waals surface area contributed by atoms with Crippen LogP contribution < -0.4 is 0 Å². The van der Waals surface area contributed by atoms with Crippen molar-refractivity contribution in [2.45, 2.75) is 32.0 Å². The van der Waals surface area contributed by atoms with E-state index in [0.717, 1.165) is 6.42 Å². The van der Waals surface area contributed by atoms with Gasteiger partial charge in [0.05, 0.1) is 7.47 Å². The molecule has 11 heavy (non-hydrogen) atoms. The first-order valence-electron chi connectivity index (χ1n) is 4.36. The Morgan fingerprint density at radius 2 is 2.64 bits per heavy atom. The third-order valence-electron chi connectivity index (χ3n) is 1.70. The number of ether oxygens (including phenoxy) is 1. The normalized spacial score (nSPS) is 40.4. The molecule has 64 valence electrons. The molecule has 1 aliphatic rings. The van der Waals surface area contributed by atoms with Gasteiger partial charge in [-0.15, -0.1) is 4.52 Å². The van der Waals surface area contributed by atoms with Gasteiger partial charge in [-0.25, -0.2) is 0 Å². The summed E-state index contributed by atoms with van der Waals surface area (Å²) < 4.78 is 28.5. The van der Waals surface area contributed by atoms with Crippen molar-refractivity contribution in [3.05, 3.63) is 0 Å². The molecule has 0 bridgehead atoms. The van der Waals surface area contributed by atoms with E-state index in [0.29, 0.717) is 6.42 Å². The lowest BCUT2D eigenvalue weighted by atomic mass is 10.1. The van der Waals surface area contributed by atoms with Crippen LogP contribution in [0.25, 0.3) is 0 Å². The lowest BCUT2D eigenvalue weighted by molar-refractivity contribution is 0.0550. The van der Waals surface area contributed by atoms with Crippen molar-refractivity contribution in [3.8, 4) is 0 Å². The van der Waals surface area contributed by atoms with E-state index in [1.54, 1.807) is 0 Å². The molecule has 0 saturated carbocycles. The van der Waals surface area contributed by atoms with E-state index in [1.807, 2.05) is 6.92 Å². The van der Waals surface area contributed by atoms with Crippen LogP contribution in [0.2, 0.25) is 0 Å². The Bertz CT molecular complexity index is 176. The first kappa shape index (κ1) is 7.66. The molecule has 4 atom stereocenters. The largest absolute Gasteiger partial charge is 0.505 e. The Kier molecular flexibility index (Phi) is 2.89. The lowest BCUT2D eigenvalue weighted by Gasteiger charge is -2.09. The standard InChI is InChI=1S/C7H14O3P/c1-3-6-7(4-5-9-6)10-11(2)8/h6-7H,3-5H2,1-2H3/q+1/t6-,7?/m1/s1/i5T/t5-,6-,7?. The Morgan fingerprint density at radius 3 is 3.18 bits per heavy atom. The second kappa shape index (κ2) is 4.15. The quantitative estimate of drug-likeness (QED) is 0.621. The average molecular weight is 179 g/mol. The highest BCUT2D eigenvalue weighted by Gasteiger charge is 2.33. The molecule has 0 radical (unpaired) electrons. The van der Waals surface area contributed by atoms with Gasteiger partial charge in [-0.3, -0.25) is 0 Å². The molecule has 1 fully saturated rings. The van der Waals surface area contributed by atoms with Gasteiger partial charge in [0.1, 0.15) is 6.10 Å². The van der Waals surface area contributed by atoms with Gasteiger partial charge >= 0.3 is 8.03 Å². The first-order valence-corrected chi connectivity index (χ1v) is 5.41. The lowest BCUT2D eigenvalue weighted by Crippen LogP contribution is -2.20. The molecule has 0 amide bonds. The van der Waals surface area contributed by atoms with E-state index in [4.69, 9.17) is 10.6 Å². The van der Waals surface area contributed by atoms with Gasteiger partial charge in [-0.1, -0.05) is 6.92 Å². The van der Waals surface area contributed by atoms with Crippen LogP contribution in [0.1, 0.15) is 21.1 Å². The number of hydrogen-bond donors (Lipinski definition) is 0. The van der Waals surface area contributed by atoms with Crippen LogP contribution in [-0.2, 0) is 13.8 Å². The van der Waals surface area contributed by atoms with Gasteiger partial charge in [-0.05, 0) is 11.0 Å². The summed E-state index contributed by atoms with van der Waals surface area (Å²) >= 11 is 0. The molecule has 0 aromatic carbocycles. The smallest absolute Gasteiger partial charge is 0.375 e. The molecular formula is C7H14O3P+. The molecule has 4 heteroatoms. The van der Waals surface area contributed by atoms with Crippen molar-refractivity contribution in [2.24, 2.45) is 0 Å². The second-order valence-corrected chi connectivity index (χ2v) is 3.66. The summed E-state index contributed by atoms with van der Waals surface area (Å²) in [5.74, 6) is 0. The van der Waals surface area contributed by atoms with E-state index in [2.05, 4.69) is 0 Å². The second-order valence-electron chi connectivity index (χ2n) is 2.57. The van der Waals surface area contributed by atoms with Crippen LogP contribution in [0, 0.1) is 0 Å². The van der Waals surface area contributed by atoms with E-state index >= 15 is 0 Å². The summed E-state index contributed by atoms with van der Waals surface area (Å²) in [5.41, 5.74) is 0. The van der Waals surface area contributed by atoms with Crippen molar-refractivity contribution >= 4 is 8.03 Å². The maximum atomic E-state index is 10.8. The summed E-state index contributed by atoms with van der Waals surface area (Å²) in [4.78, 5) is 0. The summed E-state index contributed by atoms with van der Waals surface area (Å²) in [6, 6.07) is 0. The Labute approximate surface area is 69.3 Å². The van der Waals surface area contributed by atoms with Crippen molar-refractivity contribution in [1.82, 2.24) is 0 Å². The highest BCUT2D eigenvalue weighted by atomic mass is 31.1. The summed E-state index contributed by atoms with van der Waals surface area (Å²) in [6.45, 7) is 3.00. The molecule has 0 aromatic rings. The van der Waals surface area contributed by atoms with Gasteiger partial charge in [0.25, 0.3) is 0 Å². The molecule has 1 heterocycles. The Morgan fingerprint density at radius 1 is 1.91 bits per heavy atom. The van der Waals surface area contributed by atoms with Crippen LogP contribution in [0.3, 0.4) is 0 Å². The Balaban J connectivity index is 2.46. The van der Waals surface area contributed by atoms with E-state index in [1.165, 1.54) is 6.66 Å². The third kappa shape index (κ3) is 2.51. The van der Waals surface area contributed by atoms with Gasteiger partial charge in [0.15, 0.2) is 6.66 Å². The zero-order valence-electron chi connectivity index (χ0n) is 7.82. The van der Waals surface area contributed by atoms with Gasteiger partial charge in [-0.2, -0.15) is 0 Å². The maximum Gasteiger partial charge on any atom is 0.505 e. The maximum absolute atomic E-state index is 10.8. The van der Waals surface area contributed by atoms with Crippen LogP contribution >= 0.6 is 8.03 Å².